The average molecular weight is 307 g/mol. The molecule has 7 nitrogen and oxygen atoms in total. The highest BCUT2D eigenvalue weighted by molar-refractivity contribution is 6.00. The van der Waals surface area contributed by atoms with Crippen LogP contribution in [0.3, 0.4) is 0 Å². The number of amides is 1. The molecule has 0 aliphatic rings. The fourth-order valence-corrected chi connectivity index (χ4v) is 1.28. The molecule has 10 heteroatoms. The van der Waals surface area contributed by atoms with Gasteiger partial charge in [0.1, 0.15) is 11.4 Å². The normalized spacial score (nSPS) is 14.2. The van der Waals surface area contributed by atoms with Crippen LogP contribution in [0.1, 0.15) is 6.92 Å². The topological polar surface area (TPSA) is 107 Å². The largest absolute Gasteiger partial charge is 0.496 e. The number of hydrogen-bond donors (Lipinski definition) is 2. The number of methoxy groups -OCH3 is 1. The Labute approximate surface area is 117 Å². The molecule has 0 aliphatic carbocycles. The van der Waals surface area contributed by atoms with E-state index in [1.165, 1.54) is 13.2 Å². The minimum absolute atomic E-state index is 0.117. The van der Waals surface area contributed by atoms with Gasteiger partial charge in [-0.3, -0.25) is 14.9 Å². The molecule has 0 bridgehead atoms. The second-order valence-electron chi connectivity index (χ2n) is 4.29. The van der Waals surface area contributed by atoms with Crippen molar-refractivity contribution in [1.29, 1.82) is 0 Å². The highest BCUT2D eigenvalue weighted by Crippen LogP contribution is 2.32. The van der Waals surface area contributed by atoms with E-state index in [2.05, 4.69) is 0 Å². The average Bonchev–Trinajstić information content (AvgIpc) is 2.37. The Morgan fingerprint density at radius 3 is 2.43 bits per heavy atom. The van der Waals surface area contributed by atoms with Crippen molar-refractivity contribution in [3.05, 3.63) is 28.3 Å². The van der Waals surface area contributed by atoms with E-state index in [1.54, 1.807) is 0 Å². The van der Waals surface area contributed by atoms with Crippen LogP contribution in [0.4, 0.5) is 24.5 Å². The SMILES string of the molecule is COc1ccc(NC(=O)C(C)(N)C(F)(F)F)c([N+](=O)[O-])c1. The van der Waals surface area contributed by atoms with Crippen LogP contribution in [0, 0.1) is 10.1 Å². The van der Waals surface area contributed by atoms with E-state index in [-0.39, 0.29) is 5.75 Å². The lowest BCUT2D eigenvalue weighted by Crippen LogP contribution is -2.59. The highest BCUT2D eigenvalue weighted by atomic mass is 19.4. The molecule has 0 aromatic heterocycles. The van der Waals surface area contributed by atoms with Crippen molar-refractivity contribution < 1.29 is 27.6 Å². The molecule has 1 aromatic carbocycles. The van der Waals surface area contributed by atoms with Crippen LogP contribution in [-0.4, -0.2) is 29.7 Å². The Balaban J connectivity index is 3.14. The molecule has 0 heterocycles. The number of nitrogens with one attached hydrogen (secondary N) is 1. The number of ether oxygens (including phenoxy) is 1. The van der Waals surface area contributed by atoms with E-state index in [0.29, 0.717) is 6.92 Å². The number of nitro groups is 1. The minimum atomic E-state index is -5.00. The van der Waals surface area contributed by atoms with Gasteiger partial charge < -0.3 is 15.8 Å². The number of nitrogens with two attached hydrogens (primary N) is 1. The lowest BCUT2D eigenvalue weighted by atomic mass is 10.0. The second-order valence-corrected chi connectivity index (χ2v) is 4.29. The Bertz CT molecular complexity index is 572. The van der Waals surface area contributed by atoms with Crippen LogP contribution >= 0.6 is 0 Å². The number of alkyl halides is 3. The van der Waals surface area contributed by atoms with Crippen molar-refractivity contribution in [2.24, 2.45) is 5.73 Å². The molecule has 1 atom stereocenters. The van der Waals surface area contributed by atoms with E-state index in [1.807, 2.05) is 5.32 Å². The molecule has 1 unspecified atom stereocenters. The molecule has 21 heavy (non-hydrogen) atoms. The predicted octanol–water partition coefficient (Wildman–Crippen LogP) is 1.82. The number of rotatable bonds is 4. The van der Waals surface area contributed by atoms with Crippen molar-refractivity contribution in [2.45, 2.75) is 18.6 Å². The fourth-order valence-electron chi connectivity index (χ4n) is 1.28. The first-order valence-electron chi connectivity index (χ1n) is 5.50. The van der Waals surface area contributed by atoms with E-state index in [9.17, 15) is 28.1 Å². The number of nitro benzene ring substituents is 1. The van der Waals surface area contributed by atoms with Crippen LogP contribution in [-0.2, 0) is 4.79 Å². The van der Waals surface area contributed by atoms with Crippen LogP contribution in [0.5, 0.6) is 5.75 Å². The van der Waals surface area contributed by atoms with Gasteiger partial charge >= 0.3 is 6.18 Å². The number of carbonyl (C=O) groups excluding carboxylic acids is 1. The summed E-state index contributed by atoms with van der Waals surface area (Å²) in [6.45, 7) is 0.470. The zero-order valence-corrected chi connectivity index (χ0v) is 11.0. The molecule has 0 radical (unpaired) electrons. The third-order valence-corrected chi connectivity index (χ3v) is 2.71. The van der Waals surface area contributed by atoms with E-state index in [0.717, 1.165) is 12.1 Å². The minimum Gasteiger partial charge on any atom is -0.496 e. The molecule has 1 rings (SSSR count). The summed E-state index contributed by atoms with van der Waals surface area (Å²) in [4.78, 5) is 21.6. The van der Waals surface area contributed by atoms with E-state index >= 15 is 0 Å². The van der Waals surface area contributed by atoms with Crippen molar-refractivity contribution >= 4 is 17.3 Å². The lowest BCUT2D eigenvalue weighted by molar-refractivity contribution is -0.384. The monoisotopic (exact) mass is 307 g/mol. The van der Waals surface area contributed by atoms with Crippen LogP contribution in [0.15, 0.2) is 18.2 Å². The molecule has 3 N–H and O–H groups in total. The van der Waals surface area contributed by atoms with Crippen molar-refractivity contribution in [1.82, 2.24) is 0 Å². The molecular formula is C11H12F3N3O4. The number of hydrogen-bond acceptors (Lipinski definition) is 5. The zero-order valence-electron chi connectivity index (χ0n) is 11.0. The Kier molecular flexibility index (Phi) is 4.42. The molecule has 116 valence electrons. The quantitative estimate of drug-likeness (QED) is 0.651. The first kappa shape index (κ1) is 16.7. The molecular weight excluding hydrogens is 295 g/mol. The van der Waals surface area contributed by atoms with E-state index < -0.39 is 33.9 Å². The molecule has 0 saturated carbocycles. The highest BCUT2D eigenvalue weighted by Gasteiger charge is 2.54. The summed E-state index contributed by atoms with van der Waals surface area (Å²) in [5.41, 5.74) is 0.735. The maximum absolute atomic E-state index is 12.6. The van der Waals surface area contributed by atoms with Gasteiger partial charge in [0.15, 0.2) is 5.54 Å². The van der Waals surface area contributed by atoms with Crippen molar-refractivity contribution in [3.8, 4) is 5.75 Å². The standard InChI is InChI=1S/C11H12F3N3O4/c1-10(15,11(12,13)14)9(18)16-7-4-3-6(21-2)5-8(7)17(19)20/h3-5H,15H2,1-2H3,(H,16,18). The third-order valence-electron chi connectivity index (χ3n) is 2.71. The van der Waals surface area contributed by atoms with Crippen molar-refractivity contribution in [3.63, 3.8) is 0 Å². The van der Waals surface area contributed by atoms with E-state index in [4.69, 9.17) is 10.5 Å². The Hall–Kier alpha value is -2.36. The summed E-state index contributed by atoms with van der Waals surface area (Å²) in [5.74, 6) is -1.49. The Morgan fingerprint density at radius 1 is 1.43 bits per heavy atom. The first-order valence-corrected chi connectivity index (χ1v) is 5.50. The van der Waals surface area contributed by atoms with Gasteiger partial charge in [-0.1, -0.05) is 0 Å². The number of carbonyl (C=O) groups is 1. The summed E-state index contributed by atoms with van der Waals surface area (Å²) in [5, 5.41) is 12.7. The molecule has 0 aliphatic heterocycles. The fraction of sp³-hybridized carbons (Fsp3) is 0.364. The summed E-state index contributed by atoms with van der Waals surface area (Å²) in [6, 6.07) is 3.28. The maximum Gasteiger partial charge on any atom is 0.415 e. The third kappa shape index (κ3) is 3.40. The number of anilines is 1. The predicted molar refractivity (Wildman–Crippen MR) is 66.9 cm³/mol. The zero-order chi connectivity index (χ0) is 16.4. The first-order chi connectivity index (χ1) is 9.50. The van der Waals surface area contributed by atoms with Crippen LogP contribution in [0.25, 0.3) is 0 Å². The smallest absolute Gasteiger partial charge is 0.415 e. The second kappa shape index (κ2) is 5.56. The Morgan fingerprint density at radius 2 is 2.00 bits per heavy atom. The molecule has 0 spiro atoms. The number of halogens is 3. The van der Waals surface area contributed by atoms with Gasteiger partial charge in [0.2, 0.25) is 0 Å². The molecule has 0 fully saturated rings. The summed E-state index contributed by atoms with van der Waals surface area (Å²) in [7, 11) is 1.26. The van der Waals surface area contributed by atoms with Crippen molar-refractivity contribution in [2.75, 3.05) is 12.4 Å². The van der Waals surface area contributed by atoms with Gasteiger partial charge in [0, 0.05) is 0 Å². The van der Waals surface area contributed by atoms with Gasteiger partial charge in [-0.2, -0.15) is 13.2 Å². The lowest BCUT2D eigenvalue weighted by Gasteiger charge is -2.26. The number of nitrogens with zero attached hydrogens (tertiary/aromatic N) is 1. The maximum atomic E-state index is 12.6. The summed E-state index contributed by atoms with van der Waals surface area (Å²) in [6.07, 6.45) is -5.00. The van der Waals surface area contributed by atoms with Gasteiger partial charge in [-0.25, -0.2) is 0 Å². The molecule has 1 aromatic rings. The summed E-state index contributed by atoms with van der Waals surface area (Å²) < 4.78 is 42.6. The molecule has 0 saturated heterocycles. The number of benzene rings is 1. The van der Waals surface area contributed by atoms with Crippen LogP contribution < -0.4 is 15.8 Å². The summed E-state index contributed by atoms with van der Waals surface area (Å²) >= 11 is 0. The van der Waals surface area contributed by atoms with Gasteiger partial charge in [-0.05, 0) is 19.1 Å². The van der Waals surface area contributed by atoms with Gasteiger partial charge in [0.05, 0.1) is 18.1 Å². The molecule has 1 amide bonds. The van der Waals surface area contributed by atoms with Crippen LogP contribution in [0.2, 0.25) is 0 Å². The van der Waals surface area contributed by atoms with Gasteiger partial charge in [0.25, 0.3) is 11.6 Å². The van der Waals surface area contributed by atoms with Gasteiger partial charge in [-0.15, -0.1) is 0 Å².